The van der Waals surface area contributed by atoms with Gasteiger partial charge in [0.25, 0.3) is 5.91 Å². The molecule has 0 aromatic heterocycles. The highest BCUT2D eigenvalue weighted by Crippen LogP contribution is 2.32. The molecule has 0 N–H and O–H groups in total. The summed E-state index contributed by atoms with van der Waals surface area (Å²) in [6.45, 7) is 2.23. The van der Waals surface area contributed by atoms with Crippen LogP contribution in [0.1, 0.15) is 18.9 Å². The lowest BCUT2D eigenvalue weighted by molar-refractivity contribution is -0.125. The molecule has 0 unspecified atom stereocenters. The number of para-hydroxylation sites is 1. The monoisotopic (exact) mass is 406 g/mol. The van der Waals surface area contributed by atoms with E-state index >= 15 is 0 Å². The Bertz CT molecular complexity index is 991. The van der Waals surface area contributed by atoms with Gasteiger partial charge in [0.2, 0.25) is 10.0 Å². The SMILES string of the molecule is CC[C@H](Oc1ccccc1F)C(=O)N1CCc2cc(S(=O)(=O)N(C)C)ccc21. The third kappa shape index (κ3) is 3.74. The Morgan fingerprint density at radius 3 is 2.61 bits per heavy atom. The molecule has 0 spiro atoms. The number of ether oxygens (including phenoxy) is 1. The molecule has 2 aromatic rings. The zero-order valence-corrected chi connectivity index (χ0v) is 16.9. The fraction of sp³-hybridized carbons (Fsp3) is 0.350. The summed E-state index contributed by atoms with van der Waals surface area (Å²) in [6.07, 6.45) is 0.105. The number of carbonyl (C=O) groups is 1. The van der Waals surface area contributed by atoms with Crippen LogP contribution in [0.25, 0.3) is 0 Å². The van der Waals surface area contributed by atoms with Crippen LogP contribution in [0.4, 0.5) is 10.1 Å². The average molecular weight is 406 g/mol. The first-order chi connectivity index (χ1) is 13.3. The lowest BCUT2D eigenvalue weighted by atomic mass is 10.1. The third-order valence-electron chi connectivity index (χ3n) is 4.74. The van der Waals surface area contributed by atoms with Crippen LogP contribution in [0.5, 0.6) is 5.75 Å². The van der Waals surface area contributed by atoms with Crippen molar-refractivity contribution in [2.75, 3.05) is 25.5 Å². The Labute approximate surface area is 164 Å². The van der Waals surface area contributed by atoms with Crippen LogP contribution < -0.4 is 9.64 Å². The number of hydrogen-bond donors (Lipinski definition) is 0. The molecule has 0 saturated carbocycles. The van der Waals surface area contributed by atoms with E-state index in [-0.39, 0.29) is 16.6 Å². The lowest BCUT2D eigenvalue weighted by Gasteiger charge is -2.24. The smallest absolute Gasteiger partial charge is 0.268 e. The maximum Gasteiger partial charge on any atom is 0.268 e. The maximum absolute atomic E-state index is 13.9. The minimum atomic E-state index is -3.54. The van der Waals surface area contributed by atoms with E-state index in [4.69, 9.17) is 4.74 Å². The predicted molar refractivity (Wildman–Crippen MR) is 104 cm³/mol. The second-order valence-electron chi connectivity index (χ2n) is 6.76. The molecule has 6 nitrogen and oxygen atoms in total. The molecule has 1 amide bonds. The van der Waals surface area contributed by atoms with Crippen molar-refractivity contribution in [3.8, 4) is 5.75 Å². The van der Waals surface area contributed by atoms with Gasteiger partial charge < -0.3 is 9.64 Å². The number of sulfonamides is 1. The second kappa shape index (κ2) is 7.89. The van der Waals surface area contributed by atoms with Crippen molar-refractivity contribution >= 4 is 21.6 Å². The van der Waals surface area contributed by atoms with E-state index < -0.39 is 21.9 Å². The fourth-order valence-electron chi connectivity index (χ4n) is 3.15. The number of carbonyl (C=O) groups excluding carboxylic acids is 1. The van der Waals surface area contributed by atoms with Gasteiger partial charge in [-0.1, -0.05) is 19.1 Å². The summed E-state index contributed by atoms with van der Waals surface area (Å²) in [5.74, 6) is -0.753. The number of anilines is 1. The van der Waals surface area contributed by atoms with E-state index in [9.17, 15) is 17.6 Å². The van der Waals surface area contributed by atoms with Gasteiger partial charge in [-0.2, -0.15) is 0 Å². The number of halogens is 1. The number of hydrogen-bond acceptors (Lipinski definition) is 4. The Balaban J connectivity index is 1.84. The fourth-order valence-corrected chi connectivity index (χ4v) is 4.11. The van der Waals surface area contributed by atoms with Crippen LogP contribution in [0, 0.1) is 5.82 Å². The molecular formula is C20H23FN2O4S. The van der Waals surface area contributed by atoms with Gasteiger partial charge in [0.1, 0.15) is 0 Å². The van der Waals surface area contributed by atoms with Crippen molar-refractivity contribution in [2.45, 2.75) is 30.8 Å². The molecule has 2 aromatic carbocycles. The molecule has 8 heteroatoms. The molecule has 0 aliphatic carbocycles. The van der Waals surface area contributed by atoms with E-state index in [0.717, 1.165) is 9.87 Å². The van der Waals surface area contributed by atoms with Gasteiger partial charge >= 0.3 is 0 Å². The zero-order chi connectivity index (χ0) is 20.5. The lowest BCUT2D eigenvalue weighted by Crippen LogP contribution is -2.41. The predicted octanol–water partition coefficient (Wildman–Crippen LogP) is 2.82. The minimum Gasteiger partial charge on any atom is -0.478 e. The average Bonchev–Trinajstić information content (AvgIpc) is 3.10. The highest BCUT2D eigenvalue weighted by atomic mass is 32.2. The summed E-state index contributed by atoms with van der Waals surface area (Å²) in [5, 5.41) is 0. The topological polar surface area (TPSA) is 66.9 Å². The molecule has 0 bridgehead atoms. The first kappa shape index (κ1) is 20.3. The van der Waals surface area contributed by atoms with Gasteiger partial charge in [-0.25, -0.2) is 17.1 Å². The molecular weight excluding hydrogens is 383 g/mol. The van der Waals surface area contributed by atoms with Crippen LogP contribution >= 0.6 is 0 Å². The van der Waals surface area contributed by atoms with Crippen molar-refractivity contribution in [1.29, 1.82) is 0 Å². The Kier molecular flexibility index (Phi) is 5.71. The zero-order valence-electron chi connectivity index (χ0n) is 16.1. The van der Waals surface area contributed by atoms with Gasteiger partial charge in [-0.3, -0.25) is 4.79 Å². The van der Waals surface area contributed by atoms with E-state index in [2.05, 4.69) is 0 Å². The van der Waals surface area contributed by atoms with Crippen LogP contribution in [-0.2, 0) is 21.2 Å². The maximum atomic E-state index is 13.9. The summed E-state index contributed by atoms with van der Waals surface area (Å²) in [5.41, 5.74) is 1.45. The quantitative estimate of drug-likeness (QED) is 0.740. The molecule has 0 radical (unpaired) electrons. The largest absolute Gasteiger partial charge is 0.478 e. The van der Waals surface area contributed by atoms with E-state index in [1.54, 1.807) is 36.1 Å². The van der Waals surface area contributed by atoms with Crippen LogP contribution in [-0.4, -0.2) is 45.4 Å². The molecule has 150 valence electrons. The normalized spacial score (nSPS) is 14.8. The molecule has 1 heterocycles. The van der Waals surface area contributed by atoms with Crippen molar-refractivity contribution in [1.82, 2.24) is 4.31 Å². The number of benzene rings is 2. The number of rotatable bonds is 6. The van der Waals surface area contributed by atoms with Gasteiger partial charge in [0, 0.05) is 26.3 Å². The molecule has 0 fully saturated rings. The van der Waals surface area contributed by atoms with Crippen molar-refractivity contribution in [2.24, 2.45) is 0 Å². The molecule has 3 rings (SSSR count). The minimum absolute atomic E-state index is 0.0366. The van der Waals surface area contributed by atoms with Crippen molar-refractivity contribution in [3.05, 3.63) is 53.8 Å². The highest BCUT2D eigenvalue weighted by Gasteiger charge is 2.32. The first-order valence-electron chi connectivity index (χ1n) is 9.03. The van der Waals surface area contributed by atoms with E-state index in [1.165, 1.54) is 32.3 Å². The summed E-state index contributed by atoms with van der Waals surface area (Å²) in [6, 6.07) is 10.7. The number of nitrogens with zero attached hydrogens (tertiary/aromatic N) is 2. The first-order valence-corrected chi connectivity index (χ1v) is 10.5. The van der Waals surface area contributed by atoms with Crippen LogP contribution in [0.15, 0.2) is 47.4 Å². The Morgan fingerprint density at radius 1 is 1.25 bits per heavy atom. The standard InChI is InChI=1S/C20H23FN2O4S/c1-4-18(27-19-8-6-5-7-16(19)21)20(24)23-12-11-14-13-15(9-10-17(14)23)28(25,26)22(2)3/h5-10,13,18H,4,11-12H2,1-3H3/t18-/m0/s1. The molecule has 0 saturated heterocycles. The Morgan fingerprint density at radius 2 is 1.96 bits per heavy atom. The van der Waals surface area contributed by atoms with Gasteiger partial charge in [0.05, 0.1) is 4.90 Å². The van der Waals surface area contributed by atoms with Crippen molar-refractivity contribution in [3.63, 3.8) is 0 Å². The molecule has 1 aliphatic rings. The number of fused-ring (bicyclic) bond motifs is 1. The number of amides is 1. The Hall–Kier alpha value is -2.45. The highest BCUT2D eigenvalue weighted by molar-refractivity contribution is 7.89. The van der Waals surface area contributed by atoms with Crippen molar-refractivity contribution < 1.29 is 22.3 Å². The summed E-state index contributed by atoms with van der Waals surface area (Å²) >= 11 is 0. The summed E-state index contributed by atoms with van der Waals surface area (Å²) in [4.78, 5) is 14.8. The second-order valence-corrected chi connectivity index (χ2v) is 8.91. The molecule has 28 heavy (non-hydrogen) atoms. The third-order valence-corrected chi connectivity index (χ3v) is 6.55. The van der Waals surface area contributed by atoms with Gasteiger partial charge in [-0.05, 0) is 48.7 Å². The van der Waals surface area contributed by atoms with Gasteiger partial charge in [0.15, 0.2) is 17.7 Å². The molecule has 1 atom stereocenters. The van der Waals surface area contributed by atoms with E-state index in [0.29, 0.717) is 25.1 Å². The van der Waals surface area contributed by atoms with E-state index in [1.807, 2.05) is 0 Å². The summed E-state index contributed by atoms with van der Waals surface area (Å²) in [7, 11) is -0.586. The molecule has 1 aliphatic heterocycles. The van der Waals surface area contributed by atoms with Crippen LogP contribution in [0.3, 0.4) is 0 Å². The van der Waals surface area contributed by atoms with Gasteiger partial charge in [-0.15, -0.1) is 0 Å². The van der Waals surface area contributed by atoms with Crippen LogP contribution in [0.2, 0.25) is 0 Å². The summed E-state index contributed by atoms with van der Waals surface area (Å²) < 4.78 is 45.3.